The lowest BCUT2D eigenvalue weighted by Gasteiger charge is -2.30. The lowest BCUT2D eigenvalue weighted by atomic mass is 9.93. The Hall–Kier alpha value is -0.610. The van der Waals surface area contributed by atoms with Crippen molar-refractivity contribution in [1.29, 1.82) is 0 Å². The number of hydrogen-bond acceptors (Lipinski definition) is 3. The Balaban J connectivity index is 1.67. The van der Waals surface area contributed by atoms with Gasteiger partial charge in [0.1, 0.15) is 0 Å². The zero-order chi connectivity index (χ0) is 13.0. The minimum atomic E-state index is 0.0903. The predicted molar refractivity (Wildman–Crippen MR) is 73.5 cm³/mol. The number of piperidine rings is 1. The van der Waals surface area contributed by atoms with Crippen LogP contribution in [0.5, 0.6) is 0 Å². The Bertz CT molecular complexity index is 268. The van der Waals surface area contributed by atoms with Crippen LogP contribution in [0.2, 0.25) is 0 Å². The van der Waals surface area contributed by atoms with Crippen molar-refractivity contribution in [2.75, 3.05) is 40.3 Å². The van der Waals surface area contributed by atoms with Crippen molar-refractivity contribution in [1.82, 2.24) is 15.1 Å². The third kappa shape index (κ3) is 3.69. The molecule has 0 spiro atoms. The van der Waals surface area contributed by atoms with Crippen molar-refractivity contribution in [3.05, 3.63) is 0 Å². The summed E-state index contributed by atoms with van der Waals surface area (Å²) in [6.45, 7) is 4.35. The molecule has 1 N–H and O–H groups in total. The maximum absolute atomic E-state index is 12.1. The van der Waals surface area contributed by atoms with Gasteiger partial charge in [-0.25, -0.2) is 0 Å². The molecule has 4 nitrogen and oxygen atoms in total. The smallest absolute Gasteiger partial charge is 0.239 e. The van der Waals surface area contributed by atoms with Crippen molar-refractivity contribution in [3.8, 4) is 0 Å². The highest BCUT2D eigenvalue weighted by Gasteiger charge is 2.25. The first-order chi connectivity index (χ1) is 8.66. The van der Waals surface area contributed by atoms with Crippen molar-refractivity contribution in [3.63, 3.8) is 0 Å². The van der Waals surface area contributed by atoms with E-state index in [1.165, 1.54) is 32.4 Å². The first-order valence-corrected chi connectivity index (χ1v) is 7.33. The Morgan fingerprint density at radius 2 is 2.06 bits per heavy atom. The number of likely N-dealkylation sites (N-methyl/N-ethyl adjacent to an activating group) is 1. The Morgan fingerprint density at radius 1 is 1.33 bits per heavy atom. The van der Waals surface area contributed by atoms with Gasteiger partial charge in [-0.05, 0) is 64.7 Å². The average molecular weight is 253 g/mol. The fourth-order valence-electron chi connectivity index (χ4n) is 3.00. The van der Waals surface area contributed by atoms with E-state index in [9.17, 15) is 4.79 Å². The fourth-order valence-corrected chi connectivity index (χ4v) is 3.00. The highest BCUT2D eigenvalue weighted by Crippen LogP contribution is 2.20. The molecule has 0 aromatic carbocycles. The maximum atomic E-state index is 12.1. The topological polar surface area (TPSA) is 35.6 Å². The van der Waals surface area contributed by atoms with Crippen LogP contribution in [0.4, 0.5) is 0 Å². The van der Waals surface area contributed by atoms with E-state index in [1.807, 2.05) is 11.9 Å². The molecule has 0 aromatic heterocycles. The monoisotopic (exact) mass is 253 g/mol. The molecule has 0 aromatic rings. The standard InChI is InChI=1S/C14H27N3O/c1-16-9-5-12(6-10-16)7-11-17(2)14(18)13-4-3-8-15-13/h12-13,15H,3-11H2,1-2H3. The van der Waals surface area contributed by atoms with Crippen LogP contribution in [0.15, 0.2) is 0 Å². The van der Waals surface area contributed by atoms with Gasteiger partial charge >= 0.3 is 0 Å². The first-order valence-electron chi connectivity index (χ1n) is 7.33. The van der Waals surface area contributed by atoms with E-state index in [2.05, 4.69) is 17.3 Å². The van der Waals surface area contributed by atoms with Crippen molar-refractivity contribution < 1.29 is 4.79 Å². The summed E-state index contributed by atoms with van der Waals surface area (Å²) in [5, 5.41) is 3.28. The van der Waals surface area contributed by atoms with Crippen molar-refractivity contribution in [2.45, 2.75) is 38.1 Å². The normalized spacial score (nSPS) is 26.4. The van der Waals surface area contributed by atoms with Gasteiger partial charge in [0.25, 0.3) is 0 Å². The SMILES string of the molecule is CN1CCC(CCN(C)C(=O)C2CCCN2)CC1. The van der Waals surface area contributed by atoms with Gasteiger partial charge in [-0.3, -0.25) is 4.79 Å². The molecule has 2 rings (SSSR count). The molecule has 2 saturated heterocycles. The van der Waals surface area contributed by atoms with E-state index in [0.29, 0.717) is 5.91 Å². The Morgan fingerprint density at radius 3 is 2.67 bits per heavy atom. The molecule has 0 bridgehead atoms. The van der Waals surface area contributed by atoms with Crippen LogP contribution >= 0.6 is 0 Å². The van der Waals surface area contributed by atoms with Crippen LogP contribution in [-0.2, 0) is 4.79 Å². The summed E-state index contributed by atoms with van der Waals surface area (Å²) in [5.74, 6) is 1.11. The lowest BCUT2D eigenvalue weighted by Crippen LogP contribution is -2.42. The van der Waals surface area contributed by atoms with E-state index in [1.54, 1.807) is 0 Å². The van der Waals surface area contributed by atoms with E-state index in [4.69, 9.17) is 0 Å². The van der Waals surface area contributed by atoms with Gasteiger partial charge in [-0.1, -0.05) is 0 Å². The molecule has 1 unspecified atom stereocenters. The molecular weight excluding hydrogens is 226 g/mol. The molecule has 18 heavy (non-hydrogen) atoms. The Labute approximate surface area is 111 Å². The number of rotatable bonds is 4. The quantitative estimate of drug-likeness (QED) is 0.809. The molecule has 1 amide bonds. The Kier molecular flexibility index (Phi) is 5.01. The largest absolute Gasteiger partial charge is 0.344 e. The highest BCUT2D eigenvalue weighted by molar-refractivity contribution is 5.81. The summed E-state index contributed by atoms with van der Waals surface area (Å²) in [5.41, 5.74) is 0. The second-order valence-corrected chi connectivity index (χ2v) is 5.94. The fraction of sp³-hybridized carbons (Fsp3) is 0.929. The lowest BCUT2D eigenvalue weighted by molar-refractivity contribution is -0.131. The highest BCUT2D eigenvalue weighted by atomic mass is 16.2. The molecule has 0 radical (unpaired) electrons. The van der Waals surface area contributed by atoms with Crippen molar-refractivity contribution >= 4 is 5.91 Å². The summed E-state index contributed by atoms with van der Waals surface area (Å²) in [4.78, 5) is 16.5. The van der Waals surface area contributed by atoms with Gasteiger partial charge in [-0.2, -0.15) is 0 Å². The molecule has 1 atom stereocenters. The summed E-state index contributed by atoms with van der Waals surface area (Å²) < 4.78 is 0. The third-order valence-electron chi connectivity index (χ3n) is 4.45. The van der Waals surface area contributed by atoms with Gasteiger partial charge in [0.2, 0.25) is 5.91 Å². The van der Waals surface area contributed by atoms with Crippen LogP contribution < -0.4 is 5.32 Å². The average Bonchev–Trinajstić information content (AvgIpc) is 2.90. The third-order valence-corrected chi connectivity index (χ3v) is 4.45. The van der Waals surface area contributed by atoms with Gasteiger partial charge in [-0.15, -0.1) is 0 Å². The summed E-state index contributed by atoms with van der Waals surface area (Å²) >= 11 is 0. The number of amides is 1. The van der Waals surface area contributed by atoms with Crippen LogP contribution in [0.1, 0.15) is 32.1 Å². The van der Waals surface area contributed by atoms with Crippen molar-refractivity contribution in [2.24, 2.45) is 5.92 Å². The minimum absolute atomic E-state index is 0.0903. The number of carbonyl (C=O) groups excluding carboxylic acids is 1. The number of hydrogen-bond donors (Lipinski definition) is 1. The number of nitrogens with zero attached hydrogens (tertiary/aromatic N) is 2. The second kappa shape index (κ2) is 6.53. The molecule has 4 heteroatoms. The zero-order valence-electron chi connectivity index (χ0n) is 11.8. The van der Waals surface area contributed by atoms with E-state index in [-0.39, 0.29) is 6.04 Å². The first kappa shape index (κ1) is 13.8. The molecule has 2 heterocycles. The zero-order valence-corrected chi connectivity index (χ0v) is 11.8. The van der Waals surface area contributed by atoms with E-state index >= 15 is 0 Å². The molecule has 0 saturated carbocycles. The molecule has 0 aliphatic carbocycles. The molecule has 2 aliphatic heterocycles. The van der Waals surface area contributed by atoms with Crippen LogP contribution in [-0.4, -0.2) is 62.0 Å². The van der Waals surface area contributed by atoms with E-state index in [0.717, 1.165) is 31.8 Å². The van der Waals surface area contributed by atoms with Gasteiger partial charge in [0, 0.05) is 13.6 Å². The number of likely N-dealkylation sites (tertiary alicyclic amines) is 1. The summed E-state index contributed by atoms with van der Waals surface area (Å²) in [6.07, 6.45) is 5.90. The summed E-state index contributed by atoms with van der Waals surface area (Å²) in [7, 11) is 4.15. The maximum Gasteiger partial charge on any atom is 0.239 e. The van der Waals surface area contributed by atoms with Gasteiger partial charge in [0.15, 0.2) is 0 Å². The van der Waals surface area contributed by atoms with Crippen LogP contribution in [0.3, 0.4) is 0 Å². The van der Waals surface area contributed by atoms with Crippen LogP contribution in [0.25, 0.3) is 0 Å². The second-order valence-electron chi connectivity index (χ2n) is 5.94. The molecule has 2 aliphatic rings. The van der Waals surface area contributed by atoms with Gasteiger partial charge < -0.3 is 15.1 Å². The molecular formula is C14H27N3O. The molecule has 2 fully saturated rings. The van der Waals surface area contributed by atoms with Crippen LogP contribution in [0, 0.1) is 5.92 Å². The number of nitrogens with one attached hydrogen (secondary N) is 1. The molecule has 104 valence electrons. The number of carbonyl (C=O) groups is 1. The predicted octanol–water partition coefficient (Wildman–Crippen LogP) is 0.929. The minimum Gasteiger partial charge on any atom is -0.344 e. The van der Waals surface area contributed by atoms with Gasteiger partial charge in [0.05, 0.1) is 6.04 Å². The van der Waals surface area contributed by atoms with E-state index < -0.39 is 0 Å². The summed E-state index contributed by atoms with van der Waals surface area (Å²) in [6, 6.07) is 0.0903.